The molecule has 0 unspecified atom stereocenters. The minimum atomic E-state index is -0.692. The number of rotatable bonds is 6. The van der Waals surface area contributed by atoms with Crippen molar-refractivity contribution in [3.63, 3.8) is 0 Å². The van der Waals surface area contributed by atoms with Gasteiger partial charge in [0.25, 0.3) is 0 Å². The maximum Gasteiger partial charge on any atom is 0.338 e. The van der Waals surface area contributed by atoms with Crippen molar-refractivity contribution in [2.45, 2.75) is 27.7 Å². The first kappa shape index (κ1) is 20.1. The first-order valence-corrected chi connectivity index (χ1v) is 8.27. The Morgan fingerprint density at radius 2 is 1.70 bits per heavy atom. The Kier molecular flexibility index (Phi) is 5.95. The summed E-state index contributed by atoms with van der Waals surface area (Å²) in [6.45, 7) is 7.30. The number of nitro groups is 1. The second-order valence-electron chi connectivity index (χ2n) is 6.28. The lowest BCUT2D eigenvalue weighted by molar-refractivity contribution is -0.385. The number of carbonyl (C=O) groups excluding carboxylic acids is 2. The van der Waals surface area contributed by atoms with E-state index in [-0.39, 0.29) is 23.7 Å². The number of carbonyl (C=O) groups is 2. The normalized spacial score (nSPS) is 10.4. The highest BCUT2D eigenvalue weighted by atomic mass is 16.6. The molecule has 0 N–H and O–H groups in total. The molecule has 7 nitrogen and oxygen atoms in total. The average molecular weight is 371 g/mol. The molecule has 0 aliphatic carbocycles. The van der Waals surface area contributed by atoms with Gasteiger partial charge in [0.15, 0.2) is 12.4 Å². The predicted octanol–water partition coefficient (Wildman–Crippen LogP) is 3.88. The highest BCUT2D eigenvalue weighted by molar-refractivity contribution is 6.00. The van der Waals surface area contributed by atoms with Crippen LogP contribution in [0.15, 0.2) is 24.3 Å². The van der Waals surface area contributed by atoms with Crippen LogP contribution in [0, 0.1) is 37.8 Å². The number of methoxy groups -OCH3 is 1. The molecule has 0 bridgehead atoms. The van der Waals surface area contributed by atoms with Crippen LogP contribution in [0.2, 0.25) is 0 Å². The zero-order valence-electron chi connectivity index (χ0n) is 15.9. The molecule has 2 aromatic rings. The smallest absolute Gasteiger partial charge is 0.338 e. The van der Waals surface area contributed by atoms with Crippen molar-refractivity contribution >= 4 is 17.4 Å². The number of hydrogen-bond acceptors (Lipinski definition) is 6. The van der Waals surface area contributed by atoms with Gasteiger partial charge in [-0.25, -0.2) is 4.79 Å². The molecule has 0 atom stereocenters. The molecule has 0 aliphatic rings. The zero-order valence-corrected chi connectivity index (χ0v) is 15.9. The van der Waals surface area contributed by atoms with Gasteiger partial charge in [-0.1, -0.05) is 6.07 Å². The van der Waals surface area contributed by atoms with E-state index in [1.165, 1.54) is 19.2 Å². The van der Waals surface area contributed by atoms with E-state index in [0.29, 0.717) is 5.56 Å². The van der Waals surface area contributed by atoms with Gasteiger partial charge >= 0.3 is 11.7 Å². The number of ether oxygens (including phenoxy) is 2. The van der Waals surface area contributed by atoms with E-state index in [2.05, 4.69) is 4.74 Å². The maximum atomic E-state index is 12.7. The number of aryl methyl sites for hydroxylation is 2. The second-order valence-corrected chi connectivity index (χ2v) is 6.28. The van der Waals surface area contributed by atoms with E-state index < -0.39 is 16.6 Å². The van der Waals surface area contributed by atoms with Crippen molar-refractivity contribution in [1.82, 2.24) is 0 Å². The van der Waals surface area contributed by atoms with E-state index in [1.54, 1.807) is 0 Å². The molecular weight excluding hydrogens is 350 g/mol. The molecule has 27 heavy (non-hydrogen) atoms. The van der Waals surface area contributed by atoms with Crippen LogP contribution < -0.4 is 4.74 Å². The number of benzene rings is 2. The molecule has 0 radical (unpaired) electrons. The first-order valence-electron chi connectivity index (χ1n) is 8.27. The van der Waals surface area contributed by atoms with Gasteiger partial charge < -0.3 is 9.47 Å². The van der Waals surface area contributed by atoms with Crippen LogP contribution in [0.5, 0.6) is 5.75 Å². The molecular formula is C20H21NO6. The summed E-state index contributed by atoms with van der Waals surface area (Å²) in [7, 11) is 1.19. The fourth-order valence-electron chi connectivity index (χ4n) is 2.96. The Labute approximate surface area is 157 Å². The Morgan fingerprint density at radius 1 is 1.04 bits per heavy atom. The summed E-state index contributed by atoms with van der Waals surface area (Å²) in [4.78, 5) is 34.8. The van der Waals surface area contributed by atoms with Crippen LogP contribution in [0.1, 0.15) is 43.0 Å². The van der Waals surface area contributed by atoms with Crippen molar-refractivity contribution in [2.75, 3.05) is 13.7 Å². The number of nitro benzene ring substituents is 1. The summed E-state index contributed by atoms with van der Waals surface area (Å²) in [5.74, 6) is -1.04. The molecule has 7 heteroatoms. The van der Waals surface area contributed by atoms with Crippen LogP contribution in [-0.2, 0) is 4.74 Å². The van der Waals surface area contributed by atoms with Gasteiger partial charge in [-0.2, -0.15) is 0 Å². The Bertz CT molecular complexity index is 933. The summed E-state index contributed by atoms with van der Waals surface area (Å²) in [6.07, 6.45) is 0. The third-order valence-electron chi connectivity index (χ3n) is 4.57. The van der Waals surface area contributed by atoms with Gasteiger partial charge in [0.1, 0.15) is 0 Å². The van der Waals surface area contributed by atoms with E-state index >= 15 is 0 Å². The van der Waals surface area contributed by atoms with Gasteiger partial charge in [0.05, 0.1) is 17.6 Å². The molecule has 0 saturated carbocycles. The van der Waals surface area contributed by atoms with E-state index in [0.717, 1.165) is 28.3 Å². The SMILES string of the molecule is COC(=O)c1ccc(OCC(=O)c2c(C)cc(C)c(C)c2C)c([N+](=O)[O-])c1. The van der Waals surface area contributed by atoms with Crippen molar-refractivity contribution < 1.29 is 24.0 Å². The number of nitrogens with zero attached hydrogens (tertiary/aromatic N) is 1. The third kappa shape index (κ3) is 4.13. The highest BCUT2D eigenvalue weighted by Crippen LogP contribution is 2.29. The summed E-state index contributed by atoms with van der Waals surface area (Å²) >= 11 is 0. The van der Waals surface area contributed by atoms with Crippen LogP contribution >= 0.6 is 0 Å². The minimum Gasteiger partial charge on any atom is -0.478 e. The monoisotopic (exact) mass is 371 g/mol. The maximum absolute atomic E-state index is 12.7. The van der Waals surface area contributed by atoms with Crippen LogP contribution in [-0.4, -0.2) is 30.4 Å². The summed E-state index contributed by atoms with van der Waals surface area (Å²) in [5.41, 5.74) is 4.01. The number of Topliss-reactive ketones (excluding diaryl/α,β-unsaturated/α-hetero) is 1. The molecule has 0 aromatic heterocycles. The molecule has 2 aromatic carbocycles. The zero-order chi connectivity index (χ0) is 20.3. The minimum absolute atomic E-state index is 0.0312. The van der Waals surface area contributed by atoms with Gasteiger partial charge in [-0.05, 0) is 62.1 Å². The quantitative estimate of drug-likeness (QED) is 0.331. The fraction of sp³-hybridized carbons (Fsp3) is 0.300. The molecule has 0 amide bonds. The van der Waals surface area contributed by atoms with Crippen molar-refractivity contribution in [3.05, 3.63) is 67.8 Å². The van der Waals surface area contributed by atoms with Crippen molar-refractivity contribution in [3.8, 4) is 5.75 Å². The number of esters is 1. The van der Waals surface area contributed by atoms with Gasteiger partial charge in [-0.3, -0.25) is 14.9 Å². The van der Waals surface area contributed by atoms with Crippen molar-refractivity contribution in [2.24, 2.45) is 0 Å². The largest absolute Gasteiger partial charge is 0.478 e. The lowest BCUT2D eigenvalue weighted by Gasteiger charge is -2.14. The molecule has 0 spiro atoms. The summed E-state index contributed by atoms with van der Waals surface area (Å²) in [6, 6.07) is 5.64. The van der Waals surface area contributed by atoms with Crippen LogP contribution in [0.4, 0.5) is 5.69 Å². The Balaban J connectivity index is 2.29. The highest BCUT2D eigenvalue weighted by Gasteiger charge is 2.21. The lowest BCUT2D eigenvalue weighted by atomic mass is 9.92. The standard InChI is InChI=1S/C20H21NO6/c1-11-8-12(2)19(14(4)13(11)3)17(22)10-27-18-7-6-15(20(23)26-5)9-16(18)21(24)25/h6-9H,10H2,1-5H3. The van der Waals surface area contributed by atoms with Gasteiger partial charge in [-0.15, -0.1) is 0 Å². The van der Waals surface area contributed by atoms with Crippen LogP contribution in [0.3, 0.4) is 0 Å². The molecule has 0 aliphatic heterocycles. The third-order valence-corrected chi connectivity index (χ3v) is 4.57. The summed E-state index contributed by atoms with van der Waals surface area (Å²) < 4.78 is 9.98. The molecule has 0 heterocycles. The number of hydrogen-bond donors (Lipinski definition) is 0. The van der Waals surface area contributed by atoms with E-state index in [1.807, 2.05) is 33.8 Å². The van der Waals surface area contributed by atoms with Gasteiger partial charge in [0.2, 0.25) is 5.78 Å². The summed E-state index contributed by atoms with van der Waals surface area (Å²) in [5, 5.41) is 11.3. The predicted molar refractivity (Wildman–Crippen MR) is 99.7 cm³/mol. The average Bonchev–Trinajstić information content (AvgIpc) is 2.63. The van der Waals surface area contributed by atoms with E-state index in [9.17, 15) is 19.7 Å². The molecule has 2 rings (SSSR count). The Hall–Kier alpha value is -3.22. The van der Waals surface area contributed by atoms with E-state index in [4.69, 9.17) is 4.74 Å². The molecule has 142 valence electrons. The first-order chi connectivity index (χ1) is 12.7. The van der Waals surface area contributed by atoms with Gasteiger partial charge in [0, 0.05) is 11.6 Å². The molecule has 0 fully saturated rings. The lowest BCUT2D eigenvalue weighted by Crippen LogP contribution is -2.16. The Morgan fingerprint density at radius 3 is 2.30 bits per heavy atom. The fourth-order valence-corrected chi connectivity index (χ4v) is 2.96. The van der Waals surface area contributed by atoms with Crippen molar-refractivity contribution in [1.29, 1.82) is 0 Å². The second kappa shape index (κ2) is 7.99. The van der Waals surface area contributed by atoms with Crippen LogP contribution in [0.25, 0.3) is 0 Å². The molecule has 0 saturated heterocycles. The topological polar surface area (TPSA) is 95.7 Å². The number of ketones is 1.